The van der Waals surface area contributed by atoms with Gasteiger partial charge >= 0.3 is 0 Å². The summed E-state index contributed by atoms with van der Waals surface area (Å²) in [5.41, 5.74) is 10.6. The normalized spacial score (nSPS) is 12.5. The molecule has 0 fully saturated rings. The third-order valence-corrected chi connectivity index (χ3v) is 3.22. The Kier molecular flexibility index (Phi) is 2.82. The molecule has 0 aliphatic heterocycles. The largest absolute Gasteiger partial charge is 0.347 e. The Hall–Kier alpha value is -2.52. The maximum Gasteiger partial charge on any atom is 0.0723 e. The summed E-state index contributed by atoms with van der Waals surface area (Å²) in [6.45, 7) is 2.58. The maximum atomic E-state index is 8.49. The van der Waals surface area contributed by atoms with Crippen molar-refractivity contribution in [2.75, 3.05) is 0 Å². The fourth-order valence-corrected chi connectivity index (χ4v) is 2.42. The van der Waals surface area contributed by atoms with Gasteiger partial charge in [-0.15, -0.1) is 0 Å². The number of fused-ring (bicyclic) bond motifs is 3. The van der Waals surface area contributed by atoms with Crippen LogP contribution in [0.25, 0.3) is 32.2 Å². The van der Waals surface area contributed by atoms with E-state index in [4.69, 9.17) is 5.53 Å². The van der Waals surface area contributed by atoms with E-state index >= 15 is 0 Å². The van der Waals surface area contributed by atoms with Gasteiger partial charge in [0, 0.05) is 34.6 Å². The van der Waals surface area contributed by atoms with Gasteiger partial charge in [-0.2, -0.15) is 0 Å². The van der Waals surface area contributed by atoms with E-state index in [0.717, 1.165) is 16.4 Å². The van der Waals surface area contributed by atoms with E-state index in [-0.39, 0.29) is 6.04 Å². The first-order valence-corrected chi connectivity index (χ1v) is 6.16. The summed E-state index contributed by atoms with van der Waals surface area (Å²) < 4.78 is 2.12. The summed E-state index contributed by atoms with van der Waals surface area (Å²) in [5.74, 6) is 0. The first kappa shape index (κ1) is 11.6. The Morgan fingerprint density at radius 1 is 1.37 bits per heavy atom. The smallest absolute Gasteiger partial charge is 0.0723 e. The van der Waals surface area contributed by atoms with Crippen LogP contribution < -0.4 is 0 Å². The number of hydrogen-bond acceptors (Lipinski definition) is 2. The van der Waals surface area contributed by atoms with Gasteiger partial charge in [-0.3, -0.25) is 4.98 Å². The lowest BCUT2D eigenvalue weighted by molar-refractivity contribution is 0.603. The van der Waals surface area contributed by atoms with Gasteiger partial charge in [-0.1, -0.05) is 18.1 Å². The van der Waals surface area contributed by atoms with Crippen molar-refractivity contribution in [3.05, 3.63) is 53.2 Å². The van der Waals surface area contributed by atoms with E-state index in [2.05, 4.69) is 37.8 Å². The highest BCUT2D eigenvalue weighted by molar-refractivity contribution is 6.04. The molecule has 1 atom stereocenters. The predicted octanol–water partition coefficient (Wildman–Crippen LogP) is 3.89. The van der Waals surface area contributed by atoms with Crippen molar-refractivity contribution in [1.82, 2.24) is 9.55 Å². The van der Waals surface area contributed by atoms with E-state index in [9.17, 15) is 0 Å². The molecular formula is C14H13N5. The van der Waals surface area contributed by atoms with Crippen molar-refractivity contribution in [3.8, 4) is 0 Å². The van der Waals surface area contributed by atoms with Crippen LogP contribution in [-0.2, 0) is 6.54 Å². The van der Waals surface area contributed by atoms with Crippen LogP contribution in [0.2, 0.25) is 0 Å². The highest BCUT2D eigenvalue weighted by Gasteiger charge is 2.08. The zero-order chi connectivity index (χ0) is 13.2. The van der Waals surface area contributed by atoms with Gasteiger partial charge in [0.05, 0.1) is 17.1 Å². The topological polar surface area (TPSA) is 66.6 Å². The van der Waals surface area contributed by atoms with Gasteiger partial charge in [0.15, 0.2) is 0 Å². The number of nitrogens with zero attached hydrogens (tertiary/aromatic N) is 5. The lowest BCUT2D eigenvalue weighted by Gasteiger charge is -2.09. The number of rotatable bonds is 3. The molecule has 1 unspecified atom stereocenters. The predicted molar refractivity (Wildman–Crippen MR) is 75.8 cm³/mol. The summed E-state index contributed by atoms with van der Waals surface area (Å²) in [6.07, 6.45) is 3.82. The van der Waals surface area contributed by atoms with Crippen LogP contribution in [0.4, 0.5) is 0 Å². The Morgan fingerprint density at radius 2 is 2.26 bits per heavy atom. The van der Waals surface area contributed by atoms with Crippen LogP contribution in [-0.4, -0.2) is 15.6 Å². The first-order valence-electron chi connectivity index (χ1n) is 6.16. The molecule has 0 amide bonds. The second kappa shape index (κ2) is 4.63. The Morgan fingerprint density at radius 3 is 3.11 bits per heavy atom. The maximum absolute atomic E-state index is 8.49. The van der Waals surface area contributed by atoms with Crippen LogP contribution in [0.1, 0.15) is 6.92 Å². The minimum Gasteiger partial charge on any atom is -0.347 e. The molecule has 19 heavy (non-hydrogen) atoms. The van der Waals surface area contributed by atoms with Crippen molar-refractivity contribution in [2.24, 2.45) is 5.11 Å². The van der Waals surface area contributed by atoms with E-state index in [0.29, 0.717) is 6.54 Å². The van der Waals surface area contributed by atoms with E-state index in [1.165, 1.54) is 5.39 Å². The summed E-state index contributed by atoms with van der Waals surface area (Å²) in [5, 5.41) is 6.03. The molecule has 2 aromatic heterocycles. The second-order valence-electron chi connectivity index (χ2n) is 4.60. The Balaban J connectivity index is 2.20. The standard InChI is InChI=1S/C14H13N5/c1-10(17-18-15)9-19-8-6-11-4-5-13-12(14(11)19)3-2-7-16-13/h2-8,10H,9H2,1H3. The molecule has 3 aromatic rings. The molecule has 0 saturated carbocycles. The second-order valence-corrected chi connectivity index (χ2v) is 4.60. The zero-order valence-corrected chi connectivity index (χ0v) is 10.6. The average Bonchev–Trinajstić information content (AvgIpc) is 2.82. The molecule has 94 valence electrons. The number of benzene rings is 1. The molecule has 0 aliphatic carbocycles. The molecular weight excluding hydrogens is 238 g/mol. The van der Waals surface area contributed by atoms with Crippen LogP contribution in [0.3, 0.4) is 0 Å². The number of pyridine rings is 1. The number of hydrogen-bond donors (Lipinski definition) is 0. The molecule has 2 heterocycles. The van der Waals surface area contributed by atoms with Crippen LogP contribution in [0.15, 0.2) is 47.8 Å². The first-order chi connectivity index (χ1) is 9.29. The van der Waals surface area contributed by atoms with Crippen LogP contribution in [0.5, 0.6) is 0 Å². The van der Waals surface area contributed by atoms with Crippen molar-refractivity contribution >= 4 is 21.8 Å². The highest BCUT2D eigenvalue weighted by Crippen LogP contribution is 2.25. The monoisotopic (exact) mass is 251 g/mol. The van der Waals surface area contributed by atoms with Crippen molar-refractivity contribution < 1.29 is 0 Å². The molecule has 3 rings (SSSR count). The third kappa shape index (κ3) is 2.00. The van der Waals surface area contributed by atoms with Gasteiger partial charge in [-0.05, 0) is 29.8 Å². The van der Waals surface area contributed by atoms with Crippen LogP contribution in [0, 0.1) is 0 Å². The lowest BCUT2D eigenvalue weighted by Crippen LogP contribution is -2.08. The van der Waals surface area contributed by atoms with Crippen molar-refractivity contribution in [2.45, 2.75) is 19.5 Å². The van der Waals surface area contributed by atoms with E-state index in [1.54, 1.807) is 6.20 Å². The average molecular weight is 251 g/mol. The Labute approximate surface area is 110 Å². The zero-order valence-electron chi connectivity index (χ0n) is 10.6. The molecule has 0 bridgehead atoms. The minimum atomic E-state index is -0.0764. The van der Waals surface area contributed by atoms with Gasteiger partial charge in [0.25, 0.3) is 0 Å². The molecule has 1 aromatic carbocycles. The van der Waals surface area contributed by atoms with Crippen LogP contribution >= 0.6 is 0 Å². The van der Waals surface area contributed by atoms with Gasteiger partial charge in [0.1, 0.15) is 0 Å². The molecule has 5 nitrogen and oxygen atoms in total. The fourth-order valence-electron chi connectivity index (χ4n) is 2.42. The molecule has 0 aliphatic rings. The number of aromatic nitrogens is 2. The Bertz CT molecular complexity index is 783. The third-order valence-electron chi connectivity index (χ3n) is 3.22. The summed E-state index contributed by atoms with van der Waals surface area (Å²) in [6, 6.07) is 10.1. The van der Waals surface area contributed by atoms with Gasteiger partial charge < -0.3 is 4.57 Å². The minimum absolute atomic E-state index is 0.0764. The highest BCUT2D eigenvalue weighted by atomic mass is 15.2. The molecule has 5 heteroatoms. The molecule has 0 N–H and O–H groups in total. The van der Waals surface area contributed by atoms with E-state index < -0.39 is 0 Å². The summed E-state index contributed by atoms with van der Waals surface area (Å²) >= 11 is 0. The van der Waals surface area contributed by atoms with Gasteiger partial charge in [-0.25, -0.2) is 0 Å². The van der Waals surface area contributed by atoms with Crippen molar-refractivity contribution in [1.29, 1.82) is 0 Å². The summed E-state index contributed by atoms with van der Waals surface area (Å²) in [4.78, 5) is 7.23. The lowest BCUT2D eigenvalue weighted by atomic mass is 10.1. The molecule has 0 spiro atoms. The van der Waals surface area contributed by atoms with Crippen molar-refractivity contribution in [3.63, 3.8) is 0 Å². The fraction of sp³-hybridized carbons (Fsp3) is 0.214. The molecule has 0 radical (unpaired) electrons. The van der Waals surface area contributed by atoms with Gasteiger partial charge in [0.2, 0.25) is 0 Å². The SMILES string of the molecule is CC(Cn1ccc2ccc3ncccc3c21)N=[N+]=[N-]. The van der Waals surface area contributed by atoms with E-state index in [1.807, 2.05) is 25.3 Å². The summed E-state index contributed by atoms with van der Waals surface area (Å²) in [7, 11) is 0. The quantitative estimate of drug-likeness (QED) is 0.395. The number of azide groups is 1. The molecule has 0 saturated heterocycles.